The summed E-state index contributed by atoms with van der Waals surface area (Å²) in [5.74, 6) is -1.75. The number of carboxylic acids is 1. The molecule has 20 heavy (non-hydrogen) atoms. The first-order valence-corrected chi connectivity index (χ1v) is 6.06. The largest absolute Gasteiger partial charge is 0.481 e. The Hall–Kier alpha value is -1.64. The zero-order valence-electron chi connectivity index (χ0n) is 10.4. The van der Waals surface area contributed by atoms with E-state index in [2.05, 4.69) is 14.9 Å². The summed E-state index contributed by atoms with van der Waals surface area (Å²) in [6, 6.07) is 0. The van der Waals surface area contributed by atoms with Crippen molar-refractivity contribution < 1.29 is 32.3 Å². The van der Waals surface area contributed by atoms with Gasteiger partial charge in [0.1, 0.15) is 13.2 Å². The van der Waals surface area contributed by atoms with Gasteiger partial charge in [0.15, 0.2) is 5.82 Å². The highest BCUT2D eigenvalue weighted by molar-refractivity contribution is 5.71. The maximum absolute atomic E-state index is 11.9. The molecule has 1 saturated carbocycles. The molecule has 0 saturated heterocycles. The monoisotopic (exact) mass is 294 g/mol. The van der Waals surface area contributed by atoms with Gasteiger partial charge >= 0.3 is 12.1 Å². The van der Waals surface area contributed by atoms with Gasteiger partial charge in [-0.25, -0.2) is 0 Å². The molecule has 0 bridgehead atoms. The molecule has 0 aliphatic heterocycles. The van der Waals surface area contributed by atoms with E-state index < -0.39 is 31.3 Å². The Morgan fingerprint density at radius 1 is 1.45 bits per heavy atom. The number of hydrogen-bond donors (Lipinski definition) is 1. The van der Waals surface area contributed by atoms with E-state index in [0.29, 0.717) is 12.8 Å². The molecule has 0 spiro atoms. The van der Waals surface area contributed by atoms with Crippen molar-refractivity contribution in [2.75, 3.05) is 6.61 Å². The summed E-state index contributed by atoms with van der Waals surface area (Å²) < 4.78 is 45.0. The zero-order chi connectivity index (χ0) is 14.8. The predicted molar refractivity (Wildman–Crippen MR) is 57.7 cm³/mol. The van der Waals surface area contributed by atoms with Crippen LogP contribution in [0.2, 0.25) is 0 Å². The van der Waals surface area contributed by atoms with Gasteiger partial charge in [0, 0.05) is 0 Å². The van der Waals surface area contributed by atoms with Crippen LogP contribution in [-0.4, -0.2) is 34.0 Å². The van der Waals surface area contributed by atoms with Crippen LogP contribution < -0.4 is 0 Å². The van der Waals surface area contributed by atoms with Crippen molar-refractivity contribution in [2.24, 2.45) is 5.92 Å². The first-order valence-electron chi connectivity index (χ1n) is 6.06. The SMILES string of the molecule is O=C(O)C1CCCC1c1nc(COCC(F)(F)F)no1. The molecule has 1 aromatic rings. The normalized spacial score (nSPS) is 23.1. The standard InChI is InChI=1S/C11H13F3N2O4/c12-11(13,14)5-19-4-8-15-9(20-16-8)6-2-1-3-7(6)10(17)18/h6-7H,1-5H2,(H,17,18). The first kappa shape index (κ1) is 14.8. The number of carbonyl (C=O) groups is 1. The van der Waals surface area contributed by atoms with Crippen molar-refractivity contribution in [1.82, 2.24) is 10.1 Å². The summed E-state index contributed by atoms with van der Waals surface area (Å²) in [6.45, 7) is -1.81. The van der Waals surface area contributed by atoms with E-state index in [1.165, 1.54) is 0 Å². The molecule has 0 amide bonds. The second-order valence-corrected chi connectivity index (χ2v) is 4.64. The minimum atomic E-state index is -4.41. The van der Waals surface area contributed by atoms with Gasteiger partial charge < -0.3 is 14.4 Å². The Kier molecular flexibility index (Phi) is 4.26. The maximum atomic E-state index is 11.9. The highest BCUT2D eigenvalue weighted by Gasteiger charge is 2.37. The minimum absolute atomic E-state index is 0.0136. The fourth-order valence-corrected chi connectivity index (χ4v) is 2.29. The van der Waals surface area contributed by atoms with Crippen LogP contribution in [-0.2, 0) is 16.1 Å². The quantitative estimate of drug-likeness (QED) is 0.895. The second kappa shape index (κ2) is 5.78. The number of ether oxygens (including phenoxy) is 1. The molecule has 112 valence electrons. The molecule has 2 unspecified atom stereocenters. The average molecular weight is 294 g/mol. The van der Waals surface area contributed by atoms with Gasteiger partial charge in [-0.15, -0.1) is 0 Å². The van der Waals surface area contributed by atoms with Crippen molar-refractivity contribution >= 4 is 5.97 Å². The number of rotatable bonds is 5. The summed E-state index contributed by atoms with van der Waals surface area (Å²) in [6.07, 6.45) is -2.53. The van der Waals surface area contributed by atoms with Gasteiger partial charge in [0.05, 0.1) is 11.8 Å². The summed E-state index contributed by atoms with van der Waals surface area (Å²) >= 11 is 0. The molecule has 1 aromatic heterocycles. The lowest BCUT2D eigenvalue weighted by molar-refractivity contribution is -0.177. The van der Waals surface area contributed by atoms with E-state index in [-0.39, 0.29) is 17.6 Å². The maximum Gasteiger partial charge on any atom is 0.411 e. The van der Waals surface area contributed by atoms with Crippen molar-refractivity contribution in [3.8, 4) is 0 Å². The Morgan fingerprint density at radius 2 is 2.20 bits per heavy atom. The van der Waals surface area contributed by atoms with Crippen LogP contribution in [0.5, 0.6) is 0 Å². The van der Waals surface area contributed by atoms with Crippen molar-refractivity contribution in [3.63, 3.8) is 0 Å². The number of alkyl halides is 3. The predicted octanol–water partition coefficient (Wildman–Crippen LogP) is 2.12. The number of aliphatic carboxylic acids is 1. The summed E-state index contributed by atoms with van der Waals surface area (Å²) in [4.78, 5) is 14.9. The van der Waals surface area contributed by atoms with Gasteiger partial charge in [-0.3, -0.25) is 4.79 Å². The fourth-order valence-electron chi connectivity index (χ4n) is 2.29. The molecule has 2 rings (SSSR count). The Bertz CT molecular complexity index is 474. The van der Waals surface area contributed by atoms with E-state index in [1.54, 1.807) is 0 Å². The molecule has 1 fully saturated rings. The summed E-state index contributed by atoms with van der Waals surface area (Å²) in [5.41, 5.74) is 0. The molecule has 0 aromatic carbocycles. The number of carboxylic acid groups (broad SMARTS) is 1. The third-order valence-corrected chi connectivity index (χ3v) is 3.13. The van der Waals surface area contributed by atoms with Crippen LogP contribution in [0, 0.1) is 5.92 Å². The average Bonchev–Trinajstić information content (AvgIpc) is 2.93. The number of aromatic nitrogens is 2. The Balaban J connectivity index is 1.93. The molecule has 6 nitrogen and oxygen atoms in total. The summed E-state index contributed by atoms with van der Waals surface area (Å²) in [5, 5.41) is 12.5. The zero-order valence-corrected chi connectivity index (χ0v) is 10.4. The van der Waals surface area contributed by atoms with Crippen molar-refractivity contribution in [2.45, 2.75) is 38.0 Å². The summed E-state index contributed by atoms with van der Waals surface area (Å²) in [7, 11) is 0. The molecule has 1 N–H and O–H groups in total. The number of nitrogens with zero attached hydrogens (tertiary/aromatic N) is 2. The van der Waals surface area contributed by atoms with Crippen molar-refractivity contribution in [3.05, 3.63) is 11.7 Å². The van der Waals surface area contributed by atoms with E-state index >= 15 is 0 Å². The highest BCUT2D eigenvalue weighted by atomic mass is 19.4. The van der Waals surface area contributed by atoms with E-state index in [4.69, 9.17) is 9.63 Å². The molecule has 1 heterocycles. The van der Waals surface area contributed by atoms with Crippen LogP contribution in [0.3, 0.4) is 0 Å². The third kappa shape index (κ3) is 3.69. The lowest BCUT2D eigenvalue weighted by Crippen LogP contribution is -2.17. The Labute approximate surface area is 111 Å². The molecule has 9 heteroatoms. The van der Waals surface area contributed by atoms with E-state index in [9.17, 15) is 18.0 Å². The van der Waals surface area contributed by atoms with Gasteiger partial charge in [-0.05, 0) is 12.8 Å². The first-order chi connectivity index (χ1) is 9.37. The van der Waals surface area contributed by atoms with Crippen LogP contribution >= 0.6 is 0 Å². The Morgan fingerprint density at radius 3 is 2.85 bits per heavy atom. The second-order valence-electron chi connectivity index (χ2n) is 4.64. The lowest BCUT2D eigenvalue weighted by atomic mass is 9.96. The van der Waals surface area contributed by atoms with Gasteiger partial charge in [-0.2, -0.15) is 18.2 Å². The van der Waals surface area contributed by atoms with E-state index in [1.807, 2.05) is 0 Å². The van der Waals surface area contributed by atoms with Gasteiger partial charge in [0.25, 0.3) is 0 Å². The third-order valence-electron chi connectivity index (χ3n) is 3.13. The molecule has 1 aliphatic carbocycles. The van der Waals surface area contributed by atoms with Crippen LogP contribution in [0.25, 0.3) is 0 Å². The lowest BCUT2D eigenvalue weighted by Gasteiger charge is -2.10. The minimum Gasteiger partial charge on any atom is -0.481 e. The topological polar surface area (TPSA) is 85.5 Å². The number of halogens is 3. The van der Waals surface area contributed by atoms with Crippen LogP contribution in [0.1, 0.15) is 36.9 Å². The van der Waals surface area contributed by atoms with Gasteiger partial charge in [-0.1, -0.05) is 11.6 Å². The molecule has 1 aliphatic rings. The van der Waals surface area contributed by atoms with E-state index in [0.717, 1.165) is 6.42 Å². The number of hydrogen-bond acceptors (Lipinski definition) is 5. The molecular formula is C11H13F3N2O4. The smallest absolute Gasteiger partial charge is 0.411 e. The molecule has 2 atom stereocenters. The van der Waals surface area contributed by atoms with Crippen LogP contribution in [0.4, 0.5) is 13.2 Å². The molecular weight excluding hydrogens is 281 g/mol. The van der Waals surface area contributed by atoms with Crippen LogP contribution in [0.15, 0.2) is 4.52 Å². The highest BCUT2D eigenvalue weighted by Crippen LogP contribution is 2.38. The van der Waals surface area contributed by atoms with Crippen molar-refractivity contribution in [1.29, 1.82) is 0 Å². The fraction of sp³-hybridized carbons (Fsp3) is 0.727. The van der Waals surface area contributed by atoms with Gasteiger partial charge in [0.2, 0.25) is 5.89 Å². The molecule has 0 radical (unpaired) electrons.